The SMILES string of the molecule is CC1(C)CCN(CCNc2cccc(Cl)c2)CCS1. The number of hydrogen-bond donors (Lipinski definition) is 1. The molecular formula is C15H23ClN2S. The minimum Gasteiger partial charge on any atom is -0.384 e. The molecule has 0 saturated carbocycles. The molecule has 2 nitrogen and oxygen atoms in total. The number of anilines is 1. The largest absolute Gasteiger partial charge is 0.384 e. The maximum atomic E-state index is 5.97. The van der Waals surface area contributed by atoms with Crippen LogP contribution < -0.4 is 5.32 Å². The molecule has 19 heavy (non-hydrogen) atoms. The number of thioether (sulfide) groups is 1. The van der Waals surface area contributed by atoms with Crippen LogP contribution in [0, 0.1) is 0 Å². The molecule has 0 atom stereocenters. The zero-order valence-electron chi connectivity index (χ0n) is 11.8. The van der Waals surface area contributed by atoms with Crippen LogP contribution in [-0.4, -0.2) is 41.6 Å². The maximum Gasteiger partial charge on any atom is 0.0426 e. The molecule has 0 amide bonds. The van der Waals surface area contributed by atoms with Crippen molar-refractivity contribution in [2.75, 3.05) is 37.2 Å². The number of hydrogen-bond acceptors (Lipinski definition) is 3. The van der Waals surface area contributed by atoms with Crippen molar-refractivity contribution in [2.45, 2.75) is 25.0 Å². The Balaban J connectivity index is 1.74. The second-order valence-electron chi connectivity index (χ2n) is 5.64. The Bertz CT molecular complexity index is 409. The van der Waals surface area contributed by atoms with Gasteiger partial charge in [0.15, 0.2) is 0 Å². The molecule has 0 aromatic heterocycles. The lowest BCUT2D eigenvalue weighted by Gasteiger charge is -2.22. The molecule has 1 aliphatic heterocycles. The molecule has 1 fully saturated rings. The van der Waals surface area contributed by atoms with Gasteiger partial charge in [-0.3, -0.25) is 0 Å². The smallest absolute Gasteiger partial charge is 0.0426 e. The summed E-state index contributed by atoms with van der Waals surface area (Å²) in [5.74, 6) is 1.24. The summed E-state index contributed by atoms with van der Waals surface area (Å²) in [7, 11) is 0. The lowest BCUT2D eigenvalue weighted by atomic mass is 10.1. The summed E-state index contributed by atoms with van der Waals surface area (Å²) in [6.07, 6.45) is 1.27. The van der Waals surface area contributed by atoms with E-state index in [1.165, 1.54) is 25.3 Å². The molecule has 1 aliphatic rings. The fraction of sp³-hybridized carbons (Fsp3) is 0.600. The minimum absolute atomic E-state index is 0.440. The molecule has 1 aromatic carbocycles. The third-order valence-electron chi connectivity index (χ3n) is 3.51. The number of nitrogens with zero attached hydrogens (tertiary/aromatic N) is 1. The van der Waals surface area contributed by atoms with Gasteiger partial charge in [0, 0.05) is 40.8 Å². The summed E-state index contributed by atoms with van der Waals surface area (Å²) in [5, 5.41) is 4.23. The van der Waals surface area contributed by atoms with Gasteiger partial charge >= 0.3 is 0 Å². The first kappa shape index (κ1) is 15.0. The zero-order chi connectivity index (χ0) is 13.7. The van der Waals surface area contributed by atoms with Crippen LogP contribution in [0.25, 0.3) is 0 Å². The van der Waals surface area contributed by atoms with Gasteiger partial charge in [-0.25, -0.2) is 0 Å². The zero-order valence-corrected chi connectivity index (χ0v) is 13.4. The molecular weight excluding hydrogens is 276 g/mol. The van der Waals surface area contributed by atoms with Gasteiger partial charge in [0.25, 0.3) is 0 Å². The van der Waals surface area contributed by atoms with Gasteiger partial charge in [0.1, 0.15) is 0 Å². The average Bonchev–Trinajstić information content (AvgIpc) is 2.51. The lowest BCUT2D eigenvalue weighted by Crippen LogP contribution is -2.31. The molecule has 2 rings (SSSR count). The Hall–Kier alpha value is -0.380. The van der Waals surface area contributed by atoms with Gasteiger partial charge in [-0.1, -0.05) is 31.5 Å². The van der Waals surface area contributed by atoms with Crippen LogP contribution in [0.15, 0.2) is 24.3 Å². The molecule has 4 heteroatoms. The predicted molar refractivity (Wildman–Crippen MR) is 87.5 cm³/mol. The topological polar surface area (TPSA) is 15.3 Å². The molecule has 1 N–H and O–H groups in total. The van der Waals surface area contributed by atoms with Gasteiger partial charge in [0.05, 0.1) is 0 Å². The lowest BCUT2D eigenvalue weighted by molar-refractivity contribution is 0.295. The second-order valence-corrected chi connectivity index (χ2v) is 7.88. The van der Waals surface area contributed by atoms with Crippen molar-refractivity contribution in [3.05, 3.63) is 29.3 Å². The summed E-state index contributed by atoms with van der Waals surface area (Å²) in [6.45, 7) is 9.19. The van der Waals surface area contributed by atoms with Crippen LogP contribution in [0.3, 0.4) is 0 Å². The van der Waals surface area contributed by atoms with Crippen molar-refractivity contribution in [3.8, 4) is 0 Å². The Kier molecular flexibility index (Phi) is 5.43. The summed E-state index contributed by atoms with van der Waals surface area (Å²) in [4.78, 5) is 2.55. The van der Waals surface area contributed by atoms with Crippen LogP contribution in [0.1, 0.15) is 20.3 Å². The molecule has 0 unspecified atom stereocenters. The van der Waals surface area contributed by atoms with Crippen molar-refractivity contribution in [2.24, 2.45) is 0 Å². The third-order valence-corrected chi connectivity index (χ3v) is 5.12. The number of nitrogens with one attached hydrogen (secondary N) is 1. The standard InChI is InChI=1S/C15H23ClN2S/c1-15(2)6-8-18(10-11-19-15)9-7-17-14-5-3-4-13(16)12-14/h3-5,12,17H,6-11H2,1-2H3. The summed E-state index contributed by atoms with van der Waals surface area (Å²) < 4.78 is 0.440. The van der Waals surface area contributed by atoms with Crippen LogP contribution in [0.5, 0.6) is 0 Å². The monoisotopic (exact) mass is 298 g/mol. The first-order valence-corrected chi connectivity index (χ1v) is 8.27. The first-order chi connectivity index (χ1) is 9.05. The van der Waals surface area contributed by atoms with Crippen molar-refractivity contribution in [3.63, 3.8) is 0 Å². The van der Waals surface area contributed by atoms with E-state index >= 15 is 0 Å². The Morgan fingerprint density at radius 3 is 3.00 bits per heavy atom. The summed E-state index contributed by atoms with van der Waals surface area (Å²) >= 11 is 8.07. The molecule has 1 heterocycles. The highest BCUT2D eigenvalue weighted by molar-refractivity contribution is 8.00. The Morgan fingerprint density at radius 2 is 2.21 bits per heavy atom. The molecule has 0 bridgehead atoms. The number of rotatable bonds is 4. The van der Waals surface area contributed by atoms with Crippen LogP contribution in [0.4, 0.5) is 5.69 Å². The highest BCUT2D eigenvalue weighted by Crippen LogP contribution is 2.30. The highest BCUT2D eigenvalue weighted by atomic mass is 35.5. The Morgan fingerprint density at radius 1 is 1.37 bits per heavy atom. The molecule has 1 aromatic rings. The van der Waals surface area contributed by atoms with Gasteiger partial charge in [0.2, 0.25) is 0 Å². The van der Waals surface area contributed by atoms with E-state index < -0.39 is 0 Å². The van der Waals surface area contributed by atoms with E-state index in [1.807, 2.05) is 18.2 Å². The highest BCUT2D eigenvalue weighted by Gasteiger charge is 2.23. The van der Waals surface area contributed by atoms with E-state index in [0.29, 0.717) is 4.75 Å². The summed E-state index contributed by atoms with van der Waals surface area (Å²) in [5.41, 5.74) is 1.11. The van der Waals surface area contributed by atoms with E-state index in [1.54, 1.807) is 0 Å². The fourth-order valence-electron chi connectivity index (χ4n) is 2.24. The normalized spacial score (nSPS) is 19.9. The fourth-order valence-corrected chi connectivity index (χ4v) is 3.57. The minimum atomic E-state index is 0.440. The summed E-state index contributed by atoms with van der Waals surface area (Å²) in [6, 6.07) is 7.92. The van der Waals surface area contributed by atoms with E-state index in [2.05, 4.69) is 41.9 Å². The molecule has 0 radical (unpaired) electrons. The van der Waals surface area contributed by atoms with Gasteiger partial charge in [-0.05, 0) is 31.2 Å². The van der Waals surface area contributed by atoms with Gasteiger partial charge in [-0.2, -0.15) is 11.8 Å². The van der Waals surface area contributed by atoms with Crippen molar-refractivity contribution in [1.29, 1.82) is 0 Å². The molecule has 1 saturated heterocycles. The van der Waals surface area contributed by atoms with Crippen molar-refractivity contribution < 1.29 is 0 Å². The number of halogens is 1. The quantitative estimate of drug-likeness (QED) is 0.905. The van der Waals surface area contributed by atoms with Gasteiger partial charge < -0.3 is 10.2 Å². The second kappa shape index (κ2) is 6.87. The van der Waals surface area contributed by atoms with E-state index in [4.69, 9.17) is 11.6 Å². The predicted octanol–water partition coefficient (Wildman–Crippen LogP) is 3.97. The maximum absolute atomic E-state index is 5.97. The molecule has 0 aliphatic carbocycles. The molecule has 0 spiro atoms. The average molecular weight is 299 g/mol. The van der Waals surface area contributed by atoms with E-state index in [-0.39, 0.29) is 0 Å². The Labute approximate surface area is 125 Å². The van der Waals surface area contributed by atoms with Crippen molar-refractivity contribution in [1.82, 2.24) is 4.90 Å². The van der Waals surface area contributed by atoms with Gasteiger partial charge in [-0.15, -0.1) is 0 Å². The van der Waals surface area contributed by atoms with Crippen LogP contribution in [0.2, 0.25) is 5.02 Å². The van der Waals surface area contributed by atoms with E-state index in [9.17, 15) is 0 Å². The van der Waals surface area contributed by atoms with E-state index in [0.717, 1.165) is 23.8 Å². The van der Waals surface area contributed by atoms with Crippen LogP contribution in [-0.2, 0) is 0 Å². The first-order valence-electron chi connectivity index (χ1n) is 6.91. The third kappa shape index (κ3) is 5.25. The molecule has 106 valence electrons. The number of benzene rings is 1. The van der Waals surface area contributed by atoms with Crippen LogP contribution >= 0.6 is 23.4 Å². The van der Waals surface area contributed by atoms with Crippen molar-refractivity contribution >= 4 is 29.1 Å².